The van der Waals surface area contributed by atoms with E-state index in [1.807, 2.05) is 42.5 Å². The normalized spacial score (nSPS) is 10.5. The van der Waals surface area contributed by atoms with E-state index in [4.69, 9.17) is 34.9 Å². The van der Waals surface area contributed by atoms with Gasteiger partial charge < -0.3 is 26.4 Å². The van der Waals surface area contributed by atoms with E-state index in [0.29, 0.717) is 11.7 Å². The average Bonchev–Trinajstić information content (AvgIpc) is 2.80. The summed E-state index contributed by atoms with van der Waals surface area (Å²) in [6.45, 7) is 1.60. The predicted octanol–water partition coefficient (Wildman–Crippen LogP) is 6.20. The van der Waals surface area contributed by atoms with Gasteiger partial charge in [-0.05, 0) is 60.9 Å². The number of unbranched alkanes of at least 4 members (excludes halogenated alkanes) is 5. The van der Waals surface area contributed by atoms with Gasteiger partial charge in [-0.25, -0.2) is 0 Å². The molecule has 0 bridgehead atoms. The summed E-state index contributed by atoms with van der Waals surface area (Å²) in [6.07, 6.45) is 6.95. The molecule has 5 N–H and O–H groups in total. The van der Waals surface area contributed by atoms with Crippen molar-refractivity contribution in [3.8, 4) is 5.75 Å². The van der Waals surface area contributed by atoms with Crippen LogP contribution in [0.5, 0.6) is 5.75 Å². The zero-order valence-electron chi connectivity index (χ0n) is 18.8. The lowest BCUT2D eigenvalue weighted by atomic mass is 10.1. The van der Waals surface area contributed by atoms with Crippen LogP contribution in [0, 0.1) is 0 Å². The number of benzene rings is 3. The second-order valence-electron chi connectivity index (χ2n) is 7.89. The topological polar surface area (TPSA) is 71.3 Å². The highest BCUT2D eigenvalue weighted by Gasteiger charge is 2.02. The summed E-state index contributed by atoms with van der Waals surface area (Å²) in [5.74, 6) is 0.829. The number of rotatable bonds is 12. The molecule has 0 unspecified atom stereocenters. The van der Waals surface area contributed by atoms with Crippen LogP contribution in [-0.2, 0) is 0 Å². The van der Waals surface area contributed by atoms with Gasteiger partial charge in [-0.1, -0.05) is 68.1 Å². The first-order valence-corrected chi connectivity index (χ1v) is 12.3. The van der Waals surface area contributed by atoms with Crippen molar-refractivity contribution in [2.24, 2.45) is 5.73 Å². The number of nitrogens with one attached hydrogen (secondary N) is 3. The Hall–Kier alpha value is -2.90. The molecule has 0 spiro atoms. The largest absolute Gasteiger partial charge is 0.494 e. The van der Waals surface area contributed by atoms with E-state index in [2.05, 4.69) is 40.2 Å². The molecule has 0 aliphatic heterocycles. The summed E-state index contributed by atoms with van der Waals surface area (Å²) < 4.78 is 5.82. The molecule has 0 aromatic heterocycles. The quantitative estimate of drug-likeness (QED) is 0.182. The molecule has 0 amide bonds. The molecule has 3 aromatic carbocycles. The molecule has 0 saturated carbocycles. The highest BCUT2D eigenvalue weighted by atomic mass is 32.1. The number of hydrogen-bond donors (Lipinski definition) is 4. The highest BCUT2D eigenvalue weighted by Crippen LogP contribution is 2.22. The fraction of sp³-hybridized carbons (Fsp3) is 0.308. The van der Waals surface area contributed by atoms with Gasteiger partial charge in [0.05, 0.1) is 6.61 Å². The Labute approximate surface area is 207 Å². The van der Waals surface area contributed by atoms with Gasteiger partial charge in [-0.2, -0.15) is 0 Å². The van der Waals surface area contributed by atoms with Crippen molar-refractivity contribution >= 4 is 56.8 Å². The summed E-state index contributed by atoms with van der Waals surface area (Å²) in [4.78, 5) is 0. The second kappa shape index (κ2) is 13.6. The molecule has 7 heteroatoms. The van der Waals surface area contributed by atoms with Crippen LogP contribution in [0.4, 0.5) is 11.4 Å². The maximum Gasteiger partial charge on any atom is 0.170 e. The molecule has 5 nitrogen and oxygen atoms in total. The number of fused-ring (bicyclic) bond motifs is 1. The van der Waals surface area contributed by atoms with Gasteiger partial charge in [0.1, 0.15) is 5.75 Å². The number of ether oxygens (including phenoxy) is 1. The standard InChI is InChI=1S/C26H32N4OS2/c27-25(32)29-21-13-10-14-22(19-21)31-18-8-4-2-1-3-7-17-28-26(33)30-24-16-9-12-20-11-5-6-15-23(20)24/h5-6,9-16,19H,1-4,7-8,17-18H2,(H3,27,29,32)(H2,28,30,33). The van der Waals surface area contributed by atoms with E-state index in [1.54, 1.807) is 0 Å². The first-order chi connectivity index (χ1) is 16.1. The molecule has 33 heavy (non-hydrogen) atoms. The second-order valence-corrected chi connectivity index (χ2v) is 8.74. The fourth-order valence-electron chi connectivity index (χ4n) is 3.63. The third kappa shape index (κ3) is 8.86. The average molecular weight is 481 g/mol. The summed E-state index contributed by atoms with van der Waals surface area (Å²) in [6, 6.07) is 22.2. The van der Waals surface area contributed by atoms with E-state index in [1.165, 1.54) is 36.5 Å². The van der Waals surface area contributed by atoms with E-state index in [0.717, 1.165) is 36.5 Å². The Morgan fingerprint density at radius 1 is 0.788 bits per heavy atom. The minimum atomic E-state index is 0.255. The molecule has 0 radical (unpaired) electrons. The van der Waals surface area contributed by atoms with Gasteiger partial charge in [0.2, 0.25) is 0 Å². The summed E-state index contributed by atoms with van der Waals surface area (Å²) in [7, 11) is 0. The Kier molecular flexibility index (Phi) is 10.2. The van der Waals surface area contributed by atoms with Gasteiger partial charge in [-0.15, -0.1) is 0 Å². The van der Waals surface area contributed by atoms with E-state index < -0.39 is 0 Å². The van der Waals surface area contributed by atoms with E-state index in [9.17, 15) is 0 Å². The first kappa shape index (κ1) is 24.7. The van der Waals surface area contributed by atoms with Gasteiger partial charge in [0.25, 0.3) is 0 Å². The first-order valence-electron chi connectivity index (χ1n) is 11.4. The number of hydrogen-bond acceptors (Lipinski definition) is 3. The molecule has 0 fully saturated rings. The lowest BCUT2D eigenvalue weighted by Crippen LogP contribution is -2.29. The summed E-state index contributed by atoms with van der Waals surface area (Å²) >= 11 is 10.3. The lowest BCUT2D eigenvalue weighted by molar-refractivity contribution is 0.304. The molecule has 0 atom stereocenters. The molecular formula is C26H32N4OS2. The number of thiocarbonyl (C=S) groups is 2. The maximum absolute atomic E-state index is 5.82. The zero-order chi connectivity index (χ0) is 23.3. The van der Waals surface area contributed by atoms with Crippen LogP contribution in [0.25, 0.3) is 10.8 Å². The van der Waals surface area contributed by atoms with Crippen LogP contribution in [0.2, 0.25) is 0 Å². The van der Waals surface area contributed by atoms with Crippen molar-refractivity contribution in [3.63, 3.8) is 0 Å². The maximum atomic E-state index is 5.82. The minimum Gasteiger partial charge on any atom is -0.494 e. The predicted molar refractivity (Wildman–Crippen MR) is 148 cm³/mol. The van der Waals surface area contributed by atoms with Gasteiger partial charge in [-0.3, -0.25) is 0 Å². The molecule has 0 saturated heterocycles. The van der Waals surface area contributed by atoms with Crippen molar-refractivity contribution in [3.05, 3.63) is 66.7 Å². The van der Waals surface area contributed by atoms with Crippen LogP contribution < -0.4 is 26.4 Å². The molecule has 0 aliphatic rings. The fourth-order valence-corrected chi connectivity index (χ4v) is 3.96. The molecule has 3 aromatic rings. The Morgan fingerprint density at radius 3 is 2.36 bits per heavy atom. The van der Waals surface area contributed by atoms with Crippen LogP contribution in [0.1, 0.15) is 38.5 Å². The molecule has 174 valence electrons. The van der Waals surface area contributed by atoms with E-state index >= 15 is 0 Å². The minimum absolute atomic E-state index is 0.255. The molecule has 0 heterocycles. The van der Waals surface area contributed by atoms with Crippen LogP contribution in [0.3, 0.4) is 0 Å². The molecular weight excluding hydrogens is 448 g/mol. The number of nitrogens with two attached hydrogens (primary N) is 1. The van der Waals surface area contributed by atoms with Crippen LogP contribution in [-0.4, -0.2) is 23.4 Å². The highest BCUT2D eigenvalue weighted by molar-refractivity contribution is 7.80. The van der Waals surface area contributed by atoms with Crippen molar-refractivity contribution in [1.29, 1.82) is 0 Å². The Balaban J connectivity index is 1.21. The van der Waals surface area contributed by atoms with Crippen molar-refractivity contribution < 1.29 is 4.74 Å². The van der Waals surface area contributed by atoms with Crippen molar-refractivity contribution in [1.82, 2.24) is 5.32 Å². The van der Waals surface area contributed by atoms with Gasteiger partial charge in [0, 0.05) is 29.4 Å². The molecule has 0 aliphatic carbocycles. The van der Waals surface area contributed by atoms with Crippen molar-refractivity contribution in [2.75, 3.05) is 23.8 Å². The third-order valence-corrected chi connectivity index (χ3v) is 5.61. The zero-order valence-corrected chi connectivity index (χ0v) is 20.4. The summed E-state index contributed by atoms with van der Waals surface area (Å²) in [5.41, 5.74) is 7.39. The SMILES string of the molecule is NC(=S)Nc1cccc(OCCCCCCCCNC(=S)Nc2cccc3ccccc23)c1. The van der Waals surface area contributed by atoms with Crippen LogP contribution in [0.15, 0.2) is 66.7 Å². The lowest BCUT2D eigenvalue weighted by Gasteiger charge is -2.12. The monoisotopic (exact) mass is 480 g/mol. The van der Waals surface area contributed by atoms with Gasteiger partial charge >= 0.3 is 0 Å². The van der Waals surface area contributed by atoms with Crippen molar-refractivity contribution in [2.45, 2.75) is 38.5 Å². The smallest absolute Gasteiger partial charge is 0.170 e. The molecule has 3 rings (SSSR count). The van der Waals surface area contributed by atoms with E-state index in [-0.39, 0.29) is 5.11 Å². The Morgan fingerprint density at radius 2 is 1.52 bits per heavy atom. The summed E-state index contributed by atoms with van der Waals surface area (Å²) in [5, 5.41) is 12.9. The number of anilines is 2. The van der Waals surface area contributed by atoms with Crippen LogP contribution >= 0.6 is 24.4 Å². The Bertz CT molecular complexity index is 1050. The third-order valence-electron chi connectivity index (χ3n) is 5.26. The van der Waals surface area contributed by atoms with Gasteiger partial charge in [0.15, 0.2) is 10.2 Å².